The van der Waals surface area contributed by atoms with Gasteiger partial charge in [-0.2, -0.15) is 5.10 Å². The van der Waals surface area contributed by atoms with Crippen molar-refractivity contribution < 1.29 is 13.9 Å². The normalized spacial score (nSPS) is 16.2. The molecule has 0 saturated carbocycles. The molecule has 1 aliphatic rings. The molecule has 1 aromatic heterocycles. The highest BCUT2D eigenvalue weighted by molar-refractivity contribution is 6.27. The Balaban J connectivity index is 2.26. The van der Waals surface area contributed by atoms with Crippen LogP contribution in [0.25, 0.3) is 17.0 Å². The first-order valence-corrected chi connectivity index (χ1v) is 6.27. The topological polar surface area (TPSA) is 80.9 Å². The number of amides is 1. The van der Waals surface area contributed by atoms with Gasteiger partial charge in [-0.15, -0.1) is 0 Å². The summed E-state index contributed by atoms with van der Waals surface area (Å²) in [5, 5.41) is 4.54. The van der Waals surface area contributed by atoms with Crippen molar-refractivity contribution in [1.82, 2.24) is 5.43 Å². The number of methoxy groups -OCH3 is 1. The molecule has 3 rings (SSSR count). The Morgan fingerprint density at radius 1 is 1.29 bits per heavy atom. The molecule has 0 spiro atoms. The second-order valence-electron chi connectivity index (χ2n) is 4.58. The van der Waals surface area contributed by atoms with Crippen LogP contribution in [0, 0.1) is 0 Å². The first-order valence-electron chi connectivity index (χ1n) is 6.27. The molecule has 0 atom stereocenters. The lowest BCUT2D eigenvalue weighted by atomic mass is 10.0. The summed E-state index contributed by atoms with van der Waals surface area (Å²) < 4.78 is 10.3. The van der Waals surface area contributed by atoms with Gasteiger partial charge in [-0.1, -0.05) is 0 Å². The lowest BCUT2D eigenvalue weighted by Crippen LogP contribution is -2.12. The summed E-state index contributed by atoms with van der Waals surface area (Å²) in [6.07, 6.45) is 1.62. The number of rotatable bonds is 2. The maximum absolute atomic E-state index is 11.7. The fourth-order valence-corrected chi connectivity index (χ4v) is 2.16. The number of carbonyl (C=O) groups excluding carboxylic acids is 1. The van der Waals surface area contributed by atoms with E-state index >= 15 is 0 Å². The quantitative estimate of drug-likeness (QED) is 0.672. The van der Waals surface area contributed by atoms with Crippen LogP contribution in [-0.4, -0.2) is 18.7 Å². The molecule has 0 radical (unpaired) electrons. The van der Waals surface area contributed by atoms with Crippen molar-refractivity contribution in [3.63, 3.8) is 0 Å². The summed E-state index contributed by atoms with van der Waals surface area (Å²) in [7, 11) is 1.56. The summed E-state index contributed by atoms with van der Waals surface area (Å²) in [6, 6.07) is 6.46. The van der Waals surface area contributed by atoms with E-state index in [4.69, 9.17) is 9.15 Å². The molecule has 0 fully saturated rings. The van der Waals surface area contributed by atoms with E-state index in [-0.39, 0.29) is 5.91 Å². The Labute approximate surface area is 119 Å². The van der Waals surface area contributed by atoms with E-state index in [0.717, 1.165) is 0 Å². The van der Waals surface area contributed by atoms with Crippen LogP contribution in [0.5, 0.6) is 5.75 Å². The zero-order valence-corrected chi connectivity index (χ0v) is 11.5. The van der Waals surface area contributed by atoms with Crippen molar-refractivity contribution >= 4 is 28.7 Å². The highest BCUT2D eigenvalue weighted by Crippen LogP contribution is 2.25. The molecule has 0 saturated heterocycles. The minimum Gasteiger partial charge on any atom is -0.497 e. The SMILES string of the molecule is COc1ccc2oc(=O)cc(/C=C3\C(=O)NN=C3C)c2c1. The van der Waals surface area contributed by atoms with Gasteiger partial charge in [-0.3, -0.25) is 4.79 Å². The summed E-state index contributed by atoms with van der Waals surface area (Å²) in [4.78, 5) is 23.4. The molecule has 1 N–H and O–H groups in total. The predicted octanol–water partition coefficient (Wildman–Crippen LogP) is 1.69. The van der Waals surface area contributed by atoms with E-state index < -0.39 is 5.63 Å². The molecule has 1 amide bonds. The van der Waals surface area contributed by atoms with Crippen LogP contribution < -0.4 is 15.8 Å². The number of hydrogen-bond donors (Lipinski definition) is 1. The van der Waals surface area contributed by atoms with Crippen LogP contribution in [0.4, 0.5) is 0 Å². The zero-order chi connectivity index (χ0) is 15.0. The molecule has 2 heterocycles. The average molecular weight is 284 g/mol. The second kappa shape index (κ2) is 4.90. The minimum absolute atomic E-state index is 0.295. The standard InChI is InChI=1S/C15H12N2O4/c1-8-11(15(19)17-16-8)5-9-6-14(18)21-13-4-3-10(20-2)7-12(9)13/h3-7H,1-2H3,(H,17,19)/b11-5-. The summed E-state index contributed by atoms with van der Waals surface area (Å²) in [5.41, 5.74) is 3.91. The zero-order valence-electron chi connectivity index (χ0n) is 11.5. The molecule has 0 unspecified atom stereocenters. The smallest absolute Gasteiger partial charge is 0.336 e. The van der Waals surface area contributed by atoms with Crippen LogP contribution in [0.1, 0.15) is 12.5 Å². The number of carbonyl (C=O) groups is 1. The van der Waals surface area contributed by atoms with Crippen molar-refractivity contribution in [3.05, 3.63) is 45.8 Å². The molecular formula is C15H12N2O4. The van der Waals surface area contributed by atoms with E-state index in [0.29, 0.717) is 33.6 Å². The maximum Gasteiger partial charge on any atom is 0.336 e. The van der Waals surface area contributed by atoms with Gasteiger partial charge in [-0.25, -0.2) is 10.2 Å². The van der Waals surface area contributed by atoms with Crippen molar-refractivity contribution in [2.45, 2.75) is 6.92 Å². The monoisotopic (exact) mass is 284 g/mol. The number of benzene rings is 1. The molecule has 6 nitrogen and oxygen atoms in total. The third-order valence-electron chi connectivity index (χ3n) is 3.24. The molecule has 21 heavy (non-hydrogen) atoms. The van der Waals surface area contributed by atoms with E-state index in [2.05, 4.69) is 10.5 Å². The van der Waals surface area contributed by atoms with Crippen molar-refractivity contribution in [2.24, 2.45) is 5.10 Å². The molecule has 0 aliphatic carbocycles. The van der Waals surface area contributed by atoms with Gasteiger partial charge in [0, 0.05) is 11.5 Å². The second-order valence-corrected chi connectivity index (χ2v) is 4.58. The van der Waals surface area contributed by atoms with Crippen LogP contribution >= 0.6 is 0 Å². The summed E-state index contributed by atoms with van der Waals surface area (Å²) >= 11 is 0. The summed E-state index contributed by atoms with van der Waals surface area (Å²) in [6.45, 7) is 1.72. The van der Waals surface area contributed by atoms with Crippen molar-refractivity contribution in [3.8, 4) is 5.75 Å². The van der Waals surface area contributed by atoms with Gasteiger partial charge in [-0.05, 0) is 36.8 Å². The van der Waals surface area contributed by atoms with E-state index in [9.17, 15) is 9.59 Å². The van der Waals surface area contributed by atoms with E-state index in [1.165, 1.54) is 6.07 Å². The van der Waals surface area contributed by atoms with Gasteiger partial charge >= 0.3 is 5.63 Å². The Bertz CT molecular complexity index is 862. The third-order valence-corrected chi connectivity index (χ3v) is 3.24. The number of fused-ring (bicyclic) bond motifs is 1. The molecule has 2 aromatic rings. The van der Waals surface area contributed by atoms with Crippen LogP contribution in [-0.2, 0) is 4.79 Å². The Hall–Kier alpha value is -2.89. The number of nitrogens with zero attached hydrogens (tertiary/aromatic N) is 1. The highest BCUT2D eigenvalue weighted by Gasteiger charge is 2.19. The Kier molecular flexibility index (Phi) is 3.06. The molecule has 1 aromatic carbocycles. The number of nitrogens with one attached hydrogen (secondary N) is 1. The Morgan fingerprint density at radius 3 is 2.76 bits per heavy atom. The Morgan fingerprint density at radius 2 is 2.10 bits per heavy atom. The first kappa shape index (κ1) is 13.1. The average Bonchev–Trinajstić information content (AvgIpc) is 2.78. The van der Waals surface area contributed by atoms with Gasteiger partial charge < -0.3 is 9.15 Å². The molecule has 106 valence electrons. The van der Waals surface area contributed by atoms with Gasteiger partial charge in [0.2, 0.25) is 0 Å². The highest BCUT2D eigenvalue weighted by atomic mass is 16.5. The number of hydrogen-bond acceptors (Lipinski definition) is 5. The lowest BCUT2D eigenvalue weighted by Gasteiger charge is -2.05. The van der Waals surface area contributed by atoms with E-state index in [1.54, 1.807) is 38.3 Å². The van der Waals surface area contributed by atoms with Crippen molar-refractivity contribution in [2.75, 3.05) is 7.11 Å². The molecular weight excluding hydrogens is 272 g/mol. The van der Waals surface area contributed by atoms with Gasteiger partial charge in [0.25, 0.3) is 5.91 Å². The summed E-state index contributed by atoms with van der Waals surface area (Å²) in [5.74, 6) is 0.342. The molecule has 6 heteroatoms. The number of ether oxygens (including phenoxy) is 1. The van der Waals surface area contributed by atoms with Gasteiger partial charge in [0.05, 0.1) is 18.4 Å². The first-order chi connectivity index (χ1) is 10.1. The number of hydrazone groups is 1. The third kappa shape index (κ3) is 2.31. The maximum atomic E-state index is 11.7. The fraction of sp³-hybridized carbons (Fsp3) is 0.133. The van der Waals surface area contributed by atoms with Gasteiger partial charge in [0.15, 0.2) is 0 Å². The van der Waals surface area contributed by atoms with Crippen LogP contribution in [0.3, 0.4) is 0 Å². The van der Waals surface area contributed by atoms with Crippen molar-refractivity contribution in [1.29, 1.82) is 0 Å². The minimum atomic E-state index is -0.479. The lowest BCUT2D eigenvalue weighted by molar-refractivity contribution is -0.116. The largest absolute Gasteiger partial charge is 0.497 e. The van der Waals surface area contributed by atoms with Crippen LogP contribution in [0.15, 0.2) is 44.2 Å². The fourth-order valence-electron chi connectivity index (χ4n) is 2.16. The predicted molar refractivity (Wildman–Crippen MR) is 78.3 cm³/mol. The molecule has 0 bridgehead atoms. The van der Waals surface area contributed by atoms with Crippen LogP contribution in [0.2, 0.25) is 0 Å². The molecule has 1 aliphatic heterocycles. The van der Waals surface area contributed by atoms with Gasteiger partial charge in [0.1, 0.15) is 11.3 Å². The van der Waals surface area contributed by atoms with E-state index in [1.807, 2.05) is 0 Å².